The highest BCUT2D eigenvalue weighted by molar-refractivity contribution is 5.85. The molecular formula is C13H19N3O2. The van der Waals surface area contributed by atoms with Gasteiger partial charge in [0, 0.05) is 32.0 Å². The van der Waals surface area contributed by atoms with Crippen molar-refractivity contribution in [1.29, 1.82) is 0 Å². The van der Waals surface area contributed by atoms with Gasteiger partial charge in [-0.05, 0) is 31.5 Å². The van der Waals surface area contributed by atoms with Crippen molar-refractivity contribution in [2.45, 2.75) is 32.1 Å². The molecule has 1 unspecified atom stereocenters. The van der Waals surface area contributed by atoms with Crippen LogP contribution in [-0.4, -0.2) is 40.6 Å². The molecule has 1 amide bonds. The highest BCUT2D eigenvalue weighted by Gasteiger charge is 2.40. The zero-order chi connectivity index (χ0) is 13.2. The lowest BCUT2D eigenvalue weighted by molar-refractivity contribution is -0.179. The molecule has 1 saturated heterocycles. The van der Waals surface area contributed by atoms with Crippen LogP contribution in [0.2, 0.25) is 0 Å². The standard InChI is InChI=1S/C13H19N3O2/c1-13(2)12(17)16(9-11(7-14)18-13)8-10-3-5-15-6-4-10/h3-6,11H,7-9,14H2,1-2H3. The second-order valence-electron chi connectivity index (χ2n) is 5.03. The minimum absolute atomic E-state index is 0.00372. The number of amides is 1. The van der Waals surface area contributed by atoms with E-state index in [1.54, 1.807) is 31.1 Å². The molecular weight excluding hydrogens is 230 g/mol. The zero-order valence-corrected chi connectivity index (χ0v) is 10.8. The van der Waals surface area contributed by atoms with Crippen LogP contribution in [0.3, 0.4) is 0 Å². The molecule has 1 fully saturated rings. The van der Waals surface area contributed by atoms with Gasteiger partial charge in [0.05, 0.1) is 6.10 Å². The molecule has 0 spiro atoms. The van der Waals surface area contributed by atoms with Crippen molar-refractivity contribution in [3.05, 3.63) is 30.1 Å². The average Bonchev–Trinajstić information content (AvgIpc) is 2.36. The van der Waals surface area contributed by atoms with Crippen molar-refractivity contribution in [2.24, 2.45) is 5.73 Å². The Kier molecular flexibility index (Phi) is 3.63. The third-order valence-corrected chi connectivity index (χ3v) is 3.07. The summed E-state index contributed by atoms with van der Waals surface area (Å²) in [4.78, 5) is 18.0. The number of carbonyl (C=O) groups is 1. The Morgan fingerprint density at radius 1 is 1.50 bits per heavy atom. The first-order valence-electron chi connectivity index (χ1n) is 6.09. The lowest BCUT2D eigenvalue weighted by Crippen LogP contribution is -2.58. The summed E-state index contributed by atoms with van der Waals surface area (Å²) in [7, 11) is 0. The Bertz CT molecular complexity index is 420. The van der Waals surface area contributed by atoms with Gasteiger partial charge in [0.2, 0.25) is 0 Å². The van der Waals surface area contributed by atoms with E-state index in [-0.39, 0.29) is 12.0 Å². The Morgan fingerprint density at radius 2 is 2.17 bits per heavy atom. The summed E-state index contributed by atoms with van der Waals surface area (Å²) >= 11 is 0. The summed E-state index contributed by atoms with van der Waals surface area (Å²) in [5.74, 6) is 0.00372. The zero-order valence-electron chi connectivity index (χ0n) is 10.8. The number of nitrogens with two attached hydrogens (primary N) is 1. The summed E-state index contributed by atoms with van der Waals surface area (Å²) in [6.07, 6.45) is 3.36. The van der Waals surface area contributed by atoms with Crippen molar-refractivity contribution in [1.82, 2.24) is 9.88 Å². The maximum absolute atomic E-state index is 12.3. The number of aromatic nitrogens is 1. The molecule has 98 valence electrons. The molecule has 18 heavy (non-hydrogen) atoms. The third-order valence-electron chi connectivity index (χ3n) is 3.07. The molecule has 5 nitrogen and oxygen atoms in total. The number of rotatable bonds is 3. The fourth-order valence-electron chi connectivity index (χ4n) is 2.18. The summed E-state index contributed by atoms with van der Waals surface area (Å²) in [6.45, 7) is 5.11. The minimum atomic E-state index is -0.796. The first kappa shape index (κ1) is 13.0. The molecule has 1 aromatic heterocycles. The quantitative estimate of drug-likeness (QED) is 0.849. The van der Waals surface area contributed by atoms with Gasteiger partial charge < -0.3 is 15.4 Å². The monoisotopic (exact) mass is 249 g/mol. The number of morpholine rings is 1. The van der Waals surface area contributed by atoms with Gasteiger partial charge in [-0.15, -0.1) is 0 Å². The topological polar surface area (TPSA) is 68.5 Å². The largest absolute Gasteiger partial charge is 0.359 e. The molecule has 1 aliphatic rings. The van der Waals surface area contributed by atoms with Crippen LogP contribution in [0.25, 0.3) is 0 Å². The van der Waals surface area contributed by atoms with Gasteiger partial charge in [-0.2, -0.15) is 0 Å². The Balaban J connectivity index is 2.13. The Labute approximate surface area is 107 Å². The lowest BCUT2D eigenvalue weighted by Gasteiger charge is -2.41. The SMILES string of the molecule is CC1(C)OC(CN)CN(Cc2ccncc2)C1=O. The molecule has 2 heterocycles. The van der Waals surface area contributed by atoms with Crippen LogP contribution < -0.4 is 5.73 Å². The van der Waals surface area contributed by atoms with Crippen LogP contribution in [-0.2, 0) is 16.1 Å². The highest BCUT2D eigenvalue weighted by Crippen LogP contribution is 2.23. The molecule has 2 N–H and O–H groups in total. The maximum atomic E-state index is 12.3. The molecule has 1 atom stereocenters. The second kappa shape index (κ2) is 5.04. The molecule has 1 aromatic rings. The van der Waals surface area contributed by atoms with Crippen molar-refractivity contribution in [2.75, 3.05) is 13.1 Å². The molecule has 0 aromatic carbocycles. The van der Waals surface area contributed by atoms with E-state index in [4.69, 9.17) is 10.5 Å². The second-order valence-corrected chi connectivity index (χ2v) is 5.03. The van der Waals surface area contributed by atoms with Crippen LogP contribution in [0.5, 0.6) is 0 Å². The fourth-order valence-corrected chi connectivity index (χ4v) is 2.18. The van der Waals surface area contributed by atoms with Crippen LogP contribution >= 0.6 is 0 Å². The summed E-state index contributed by atoms with van der Waals surface area (Å²) in [6, 6.07) is 3.82. The first-order chi connectivity index (χ1) is 8.53. The van der Waals surface area contributed by atoms with Crippen LogP contribution in [0.1, 0.15) is 19.4 Å². The molecule has 2 rings (SSSR count). The fraction of sp³-hybridized carbons (Fsp3) is 0.538. The number of carbonyl (C=O) groups excluding carboxylic acids is 1. The van der Waals surface area contributed by atoms with Gasteiger partial charge in [0.1, 0.15) is 5.60 Å². The number of ether oxygens (including phenoxy) is 1. The van der Waals surface area contributed by atoms with E-state index < -0.39 is 5.60 Å². The molecule has 0 aliphatic carbocycles. The summed E-state index contributed by atoms with van der Waals surface area (Å²) in [5.41, 5.74) is 5.92. The van der Waals surface area contributed by atoms with Gasteiger partial charge in [0.15, 0.2) is 0 Å². The predicted molar refractivity (Wildman–Crippen MR) is 67.7 cm³/mol. The van der Waals surface area contributed by atoms with Crippen molar-refractivity contribution >= 4 is 5.91 Å². The van der Waals surface area contributed by atoms with E-state index in [9.17, 15) is 4.79 Å². The van der Waals surface area contributed by atoms with Crippen LogP contribution in [0.4, 0.5) is 0 Å². The van der Waals surface area contributed by atoms with Gasteiger partial charge in [-0.3, -0.25) is 9.78 Å². The normalized spacial score (nSPS) is 23.2. The summed E-state index contributed by atoms with van der Waals surface area (Å²) in [5, 5.41) is 0. The van der Waals surface area contributed by atoms with E-state index in [1.165, 1.54) is 0 Å². The predicted octanol–water partition coefficient (Wildman–Crippen LogP) is 0.546. The molecule has 1 aliphatic heterocycles. The van der Waals surface area contributed by atoms with Gasteiger partial charge in [-0.25, -0.2) is 0 Å². The number of hydrogen-bond acceptors (Lipinski definition) is 4. The summed E-state index contributed by atoms with van der Waals surface area (Å²) < 4.78 is 5.67. The Morgan fingerprint density at radius 3 is 2.78 bits per heavy atom. The van der Waals surface area contributed by atoms with E-state index >= 15 is 0 Å². The van der Waals surface area contributed by atoms with Crippen molar-refractivity contribution in [3.63, 3.8) is 0 Å². The molecule has 5 heteroatoms. The Hall–Kier alpha value is -1.46. The van der Waals surface area contributed by atoms with Crippen LogP contribution in [0, 0.1) is 0 Å². The first-order valence-corrected chi connectivity index (χ1v) is 6.09. The van der Waals surface area contributed by atoms with Gasteiger partial charge >= 0.3 is 0 Å². The molecule has 0 bridgehead atoms. The van der Waals surface area contributed by atoms with Crippen molar-refractivity contribution < 1.29 is 9.53 Å². The molecule has 0 radical (unpaired) electrons. The smallest absolute Gasteiger partial charge is 0.254 e. The number of pyridine rings is 1. The van der Waals surface area contributed by atoms with E-state index in [0.717, 1.165) is 5.56 Å². The molecule has 0 saturated carbocycles. The van der Waals surface area contributed by atoms with Crippen molar-refractivity contribution in [3.8, 4) is 0 Å². The van der Waals surface area contributed by atoms with Gasteiger partial charge in [-0.1, -0.05) is 0 Å². The van der Waals surface area contributed by atoms with E-state index in [0.29, 0.717) is 19.6 Å². The minimum Gasteiger partial charge on any atom is -0.359 e. The average molecular weight is 249 g/mol. The van der Waals surface area contributed by atoms with Gasteiger partial charge in [0.25, 0.3) is 5.91 Å². The number of hydrogen-bond donors (Lipinski definition) is 1. The van der Waals surface area contributed by atoms with E-state index in [1.807, 2.05) is 12.1 Å². The third kappa shape index (κ3) is 2.68. The van der Waals surface area contributed by atoms with E-state index in [2.05, 4.69) is 4.98 Å². The number of nitrogens with zero attached hydrogens (tertiary/aromatic N) is 2. The van der Waals surface area contributed by atoms with Crippen LogP contribution in [0.15, 0.2) is 24.5 Å². The highest BCUT2D eigenvalue weighted by atomic mass is 16.5. The maximum Gasteiger partial charge on any atom is 0.254 e. The lowest BCUT2D eigenvalue weighted by atomic mass is 10.0.